The largest absolute Gasteiger partial charge is 0.462 e. The Morgan fingerprint density at radius 3 is 2.42 bits per heavy atom. The summed E-state index contributed by atoms with van der Waals surface area (Å²) in [6, 6.07) is 7.03. The number of amides is 1. The van der Waals surface area contributed by atoms with Gasteiger partial charge in [0.05, 0.1) is 18.5 Å². The van der Waals surface area contributed by atoms with Gasteiger partial charge in [-0.1, -0.05) is 0 Å². The highest BCUT2D eigenvalue weighted by Gasteiger charge is 2.21. The van der Waals surface area contributed by atoms with Crippen LogP contribution in [0.25, 0.3) is 5.69 Å². The van der Waals surface area contributed by atoms with Crippen molar-refractivity contribution < 1.29 is 14.3 Å². The molecule has 0 spiro atoms. The van der Waals surface area contributed by atoms with Crippen molar-refractivity contribution in [2.45, 2.75) is 6.92 Å². The second kappa shape index (κ2) is 7.57. The fraction of sp³-hybridized carbons (Fsp3) is 0.389. The molecule has 1 aromatic heterocycles. The number of anilines is 1. The standard InChI is InChI=1S/C18H23N5O3/c1-3-26-18(25)15-12-20-23(16(15)19)14-6-4-13(5-7-14)17(24)22-10-8-21(2)9-11-22/h4-7,12H,3,8-11,19H2,1-2H3. The molecule has 1 aliphatic heterocycles. The van der Waals surface area contributed by atoms with Crippen molar-refractivity contribution in [3.63, 3.8) is 0 Å². The lowest BCUT2D eigenvalue weighted by molar-refractivity contribution is 0.0527. The molecule has 0 radical (unpaired) electrons. The molecule has 8 heteroatoms. The molecule has 1 amide bonds. The number of ether oxygens (including phenoxy) is 1. The van der Waals surface area contributed by atoms with Crippen LogP contribution in [0, 0.1) is 0 Å². The summed E-state index contributed by atoms with van der Waals surface area (Å²) in [5.74, 6) is -0.273. The van der Waals surface area contributed by atoms with Crippen LogP contribution in [0.5, 0.6) is 0 Å². The number of carbonyl (C=O) groups excluding carboxylic acids is 2. The van der Waals surface area contributed by atoms with Crippen LogP contribution < -0.4 is 5.73 Å². The van der Waals surface area contributed by atoms with E-state index in [9.17, 15) is 9.59 Å². The monoisotopic (exact) mass is 357 g/mol. The molecule has 2 N–H and O–H groups in total. The maximum Gasteiger partial charge on any atom is 0.343 e. The van der Waals surface area contributed by atoms with Crippen LogP contribution in [0.4, 0.5) is 5.82 Å². The number of hydrogen-bond acceptors (Lipinski definition) is 6. The molecule has 0 aliphatic carbocycles. The molecule has 138 valence electrons. The van der Waals surface area contributed by atoms with Crippen LogP contribution in [-0.4, -0.2) is 71.3 Å². The number of aromatic nitrogens is 2. The van der Waals surface area contributed by atoms with Gasteiger partial charge < -0.3 is 20.3 Å². The maximum atomic E-state index is 12.6. The molecule has 0 unspecified atom stereocenters. The average Bonchev–Trinajstić information content (AvgIpc) is 3.04. The van der Waals surface area contributed by atoms with Crippen molar-refractivity contribution in [1.82, 2.24) is 19.6 Å². The van der Waals surface area contributed by atoms with Crippen molar-refractivity contribution in [3.8, 4) is 5.69 Å². The Bertz CT molecular complexity index is 792. The number of nitrogens with two attached hydrogens (primary N) is 1. The molecule has 0 atom stereocenters. The molecular formula is C18H23N5O3. The molecular weight excluding hydrogens is 334 g/mol. The number of carbonyl (C=O) groups is 2. The van der Waals surface area contributed by atoms with Gasteiger partial charge in [-0.05, 0) is 38.2 Å². The van der Waals surface area contributed by atoms with E-state index in [2.05, 4.69) is 17.0 Å². The Morgan fingerprint density at radius 1 is 1.15 bits per heavy atom. The van der Waals surface area contributed by atoms with Gasteiger partial charge in [0.2, 0.25) is 0 Å². The Labute approximate surface area is 152 Å². The number of nitrogen functional groups attached to an aromatic ring is 1. The smallest absolute Gasteiger partial charge is 0.343 e. The predicted octanol–water partition coefficient (Wildman–Crippen LogP) is 1.02. The first kappa shape index (κ1) is 17.9. The molecule has 2 heterocycles. The molecule has 8 nitrogen and oxygen atoms in total. The molecule has 1 aromatic carbocycles. The van der Waals surface area contributed by atoms with Crippen LogP contribution in [-0.2, 0) is 4.74 Å². The van der Waals surface area contributed by atoms with Crippen molar-refractivity contribution in [2.75, 3.05) is 45.6 Å². The van der Waals surface area contributed by atoms with Crippen LogP contribution in [0.2, 0.25) is 0 Å². The number of benzene rings is 1. The van der Waals surface area contributed by atoms with Crippen molar-refractivity contribution in [1.29, 1.82) is 0 Å². The quantitative estimate of drug-likeness (QED) is 0.821. The number of likely N-dealkylation sites (N-methyl/N-ethyl adjacent to an activating group) is 1. The summed E-state index contributed by atoms with van der Waals surface area (Å²) < 4.78 is 6.41. The molecule has 1 aliphatic rings. The first-order chi connectivity index (χ1) is 12.5. The first-order valence-corrected chi connectivity index (χ1v) is 8.60. The van der Waals surface area contributed by atoms with E-state index in [-0.39, 0.29) is 23.9 Å². The van der Waals surface area contributed by atoms with Crippen molar-refractivity contribution in [2.24, 2.45) is 0 Å². The van der Waals surface area contributed by atoms with Gasteiger partial charge >= 0.3 is 5.97 Å². The average molecular weight is 357 g/mol. The maximum absolute atomic E-state index is 12.6. The first-order valence-electron chi connectivity index (χ1n) is 8.60. The summed E-state index contributed by atoms with van der Waals surface area (Å²) in [5.41, 5.74) is 7.53. The second-order valence-electron chi connectivity index (χ2n) is 6.22. The highest BCUT2D eigenvalue weighted by atomic mass is 16.5. The Kier molecular flexibility index (Phi) is 5.22. The van der Waals surface area contributed by atoms with Crippen LogP contribution in [0.1, 0.15) is 27.6 Å². The van der Waals surface area contributed by atoms with Crippen molar-refractivity contribution >= 4 is 17.7 Å². The summed E-state index contributed by atoms with van der Waals surface area (Å²) in [6.07, 6.45) is 1.39. The van der Waals surface area contributed by atoms with Gasteiger partial charge in [-0.25, -0.2) is 9.48 Å². The van der Waals surface area contributed by atoms with Gasteiger partial charge in [0.1, 0.15) is 11.4 Å². The zero-order valence-corrected chi connectivity index (χ0v) is 15.0. The minimum absolute atomic E-state index is 0.0188. The molecule has 3 rings (SSSR count). The SMILES string of the molecule is CCOC(=O)c1cnn(-c2ccc(C(=O)N3CCN(C)CC3)cc2)c1N. The molecule has 0 bridgehead atoms. The number of hydrogen-bond donors (Lipinski definition) is 1. The molecule has 1 fully saturated rings. The highest BCUT2D eigenvalue weighted by Crippen LogP contribution is 2.19. The van der Waals surface area contributed by atoms with E-state index in [1.54, 1.807) is 31.2 Å². The normalized spacial score (nSPS) is 15.1. The lowest BCUT2D eigenvalue weighted by atomic mass is 10.1. The Balaban J connectivity index is 1.76. The van der Waals surface area contributed by atoms with E-state index in [0.717, 1.165) is 26.2 Å². The van der Waals surface area contributed by atoms with Gasteiger partial charge in [-0.15, -0.1) is 0 Å². The Hall–Kier alpha value is -2.87. The van der Waals surface area contributed by atoms with E-state index < -0.39 is 5.97 Å². The third-order valence-electron chi connectivity index (χ3n) is 4.45. The third kappa shape index (κ3) is 3.55. The lowest BCUT2D eigenvalue weighted by Crippen LogP contribution is -2.47. The van der Waals surface area contributed by atoms with Gasteiger partial charge in [-0.3, -0.25) is 4.79 Å². The summed E-state index contributed by atoms with van der Waals surface area (Å²) >= 11 is 0. The minimum Gasteiger partial charge on any atom is -0.462 e. The van der Waals surface area contributed by atoms with Gasteiger partial charge in [-0.2, -0.15) is 5.10 Å². The topological polar surface area (TPSA) is 93.7 Å². The van der Waals surface area contributed by atoms with E-state index in [1.165, 1.54) is 10.9 Å². The van der Waals surface area contributed by atoms with E-state index in [4.69, 9.17) is 10.5 Å². The molecule has 2 aromatic rings. The van der Waals surface area contributed by atoms with Gasteiger partial charge in [0.25, 0.3) is 5.91 Å². The summed E-state index contributed by atoms with van der Waals surface area (Å²) in [7, 11) is 2.05. The lowest BCUT2D eigenvalue weighted by Gasteiger charge is -2.32. The minimum atomic E-state index is -0.502. The highest BCUT2D eigenvalue weighted by molar-refractivity contribution is 5.95. The fourth-order valence-corrected chi connectivity index (χ4v) is 2.87. The Morgan fingerprint density at radius 2 is 1.81 bits per heavy atom. The van der Waals surface area contributed by atoms with E-state index in [1.807, 2.05) is 4.90 Å². The molecule has 1 saturated heterocycles. The zero-order chi connectivity index (χ0) is 18.7. The number of piperazine rings is 1. The van der Waals surface area contributed by atoms with E-state index in [0.29, 0.717) is 11.3 Å². The van der Waals surface area contributed by atoms with Crippen LogP contribution >= 0.6 is 0 Å². The number of esters is 1. The van der Waals surface area contributed by atoms with Gasteiger partial charge in [0.15, 0.2) is 0 Å². The second-order valence-corrected chi connectivity index (χ2v) is 6.22. The summed E-state index contributed by atoms with van der Waals surface area (Å²) in [5, 5.41) is 4.15. The number of rotatable bonds is 4. The predicted molar refractivity (Wildman–Crippen MR) is 97.3 cm³/mol. The van der Waals surface area contributed by atoms with Gasteiger partial charge in [0, 0.05) is 31.7 Å². The zero-order valence-electron chi connectivity index (χ0n) is 15.0. The summed E-state index contributed by atoms with van der Waals surface area (Å²) in [4.78, 5) is 28.5. The molecule has 0 saturated carbocycles. The summed E-state index contributed by atoms with van der Waals surface area (Å²) in [6.45, 7) is 5.22. The van der Waals surface area contributed by atoms with Crippen LogP contribution in [0.15, 0.2) is 30.5 Å². The molecule has 26 heavy (non-hydrogen) atoms. The van der Waals surface area contributed by atoms with Crippen molar-refractivity contribution in [3.05, 3.63) is 41.6 Å². The van der Waals surface area contributed by atoms with Crippen LogP contribution in [0.3, 0.4) is 0 Å². The third-order valence-corrected chi connectivity index (χ3v) is 4.45. The fourth-order valence-electron chi connectivity index (χ4n) is 2.87. The van der Waals surface area contributed by atoms with E-state index >= 15 is 0 Å². The number of nitrogens with zero attached hydrogens (tertiary/aromatic N) is 4.